The largest absolute Gasteiger partial charge is 0.383 e. The fourth-order valence-corrected chi connectivity index (χ4v) is 3.46. The van der Waals surface area contributed by atoms with E-state index in [1.165, 1.54) is 20.7 Å². The number of carbonyl (C=O) groups excluding carboxylic acids is 1. The van der Waals surface area contributed by atoms with Crippen molar-refractivity contribution in [2.75, 3.05) is 19.0 Å². The predicted octanol–water partition coefficient (Wildman–Crippen LogP) is 1.94. The summed E-state index contributed by atoms with van der Waals surface area (Å²) < 4.78 is 8.32. The van der Waals surface area contributed by atoms with E-state index in [0.29, 0.717) is 29.5 Å². The van der Waals surface area contributed by atoms with E-state index in [9.17, 15) is 9.59 Å². The number of carbonyl (C=O) groups is 1. The number of nitrogens with zero attached hydrogens (tertiary/aromatic N) is 5. The Morgan fingerprint density at radius 3 is 2.68 bits per heavy atom. The van der Waals surface area contributed by atoms with Gasteiger partial charge in [0.2, 0.25) is 0 Å². The molecule has 0 atom stereocenters. The maximum atomic E-state index is 12.4. The fraction of sp³-hybridized carbons (Fsp3) is 0.167. The van der Waals surface area contributed by atoms with Gasteiger partial charge in [0.15, 0.2) is 5.01 Å². The lowest BCUT2D eigenvalue weighted by Crippen LogP contribution is -2.25. The molecule has 10 heteroatoms. The molecule has 0 saturated carbocycles. The molecule has 1 amide bonds. The highest BCUT2D eigenvalue weighted by Gasteiger charge is 2.13. The SMILES string of the molecule is COCCn1nnn(-c2ccc(NC(=O)c3nc4ccccc4s3)cc2)c1=O. The van der Waals surface area contributed by atoms with Gasteiger partial charge in [-0.05, 0) is 46.8 Å². The highest BCUT2D eigenvalue weighted by Crippen LogP contribution is 2.22. The first-order valence-corrected chi connectivity index (χ1v) is 9.26. The lowest BCUT2D eigenvalue weighted by molar-refractivity contribution is 0.102. The molecule has 9 nitrogen and oxygen atoms in total. The molecule has 0 aliphatic rings. The predicted molar refractivity (Wildman–Crippen MR) is 105 cm³/mol. The van der Waals surface area contributed by atoms with E-state index in [-0.39, 0.29) is 11.6 Å². The number of benzene rings is 2. The number of thiazole rings is 1. The number of para-hydroxylation sites is 1. The van der Waals surface area contributed by atoms with Crippen LogP contribution in [0.1, 0.15) is 9.80 Å². The van der Waals surface area contributed by atoms with E-state index in [1.807, 2.05) is 24.3 Å². The van der Waals surface area contributed by atoms with Gasteiger partial charge in [-0.1, -0.05) is 12.1 Å². The standard InChI is InChI=1S/C18H16N6O3S/c1-27-11-10-23-18(26)24(22-21-23)13-8-6-12(7-9-13)19-16(25)17-20-14-4-2-3-5-15(14)28-17/h2-9H,10-11H2,1H3,(H,19,25). The van der Waals surface area contributed by atoms with Crippen molar-refractivity contribution in [1.82, 2.24) is 24.8 Å². The van der Waals surface area contributed by atoms with Crippen molar-refractivity contribution in [1.29, 1.82) is 0 Å². The van der Waals surface area contributed by atoms with Crippen LogP contribution >= 0.6 is 11.3 Å². The van der Waals surface area contributed by atoms with Gasteiger partial charge in [0, 0.05) is 12.8 Å². The number of fused-ring (bicyclic) bond motifs is 1. The number of anilines is 1. The number of hydrogen-bond donors (Lipinski definition) is 1. The summed E-state index contributed by atoms with van der Waals surface area (Å²) in [7, 11) is 1.55. The minimum absolute atomic E-state index is 0.281. The first-order valence-electron chi connectivity index (χ1n) is 8.45. The molecule has 4 aromatic rings. The van der Waals surface area contributed by atoms with Crippen LogP contribution in [0.15, 0.2) is 53.3 Å². The summed E-state index contributed by atoms with van der Waals surface area (Å²) in [4.78, 5) is 29.1. The van der Waals surface area contributed by atoms with Crippen LogP contribution in [0.25, 0.3) is 15.9 Å². The molecular weight excluding hydrogens is 380 g/mol. The Kier molecular flexibility index (Phi) is 4.96. The number of ether oxygens (including phenoxy) is 1. The zero-order valence-corrected chi connectivity index (χ0v) is 15.7. The molecule has 2 aromatic heterocycles. The van der Waals surface area contributed by atoms with Crippen LogP contribution in [0.2, 0.25) is 0 Å². The molecule has 0 radical (unpaired) electrons. The Balaban J connectivity index is 1.49. The third-order valence-corrected chi connectivity index (χ3v) is 5.04. The molecule has 0 unspecified atom stereocenters. The topological polar surface area (TPSA) is 104 Å². The average Bonchev–Trinajstić information content (AvgIpc) is 3.31. The monoisotopic (exact) mass is 396 g/mol. The van der Waals surface area contributed by atoms with Crippen LogP contribution in [-0.4, -0.2) is 44.4 Å². The maximum Gasteiger partial charge on any atom is 0.368 e. The Hall–Kier alpha value is -3.37. The van der Waals surface area contributed by atoms with Crippen molar-refractivity contribution >= 4 is 33.1 Å². The summed E-state index contributed by atoms with van der Waals surface area (Å²) in [5.41, 5.74) is 1.58. The van der Waals surface area contributed by atoms with E-state index < -0.39 is 0 Å². The first kappa shape index (κ1) is 18.0. The molecule has 1 N–H and O–H groups in total. The molecule has 0 bridgehead atoms. The number of tetrazole rings is 1. The lowest BCUT2D eigenvalue weighted by Gasteiger charge is -2.04. The molecule has 4 rings (SSSR count). The first-order chi connectivity index (χ1) is 13.7. The molecule has 142 valence electrons. The van der Waals surface area contributed by atoms with Crippen LogP contribution < -0.4 is 11.0 Å². The number of amides is 1. The van der Waals surface area contributed by atoms with Crippen LogP contribution in [0.3, 0.4) is 0 Å². The van der Waals surface area contributed by atoms with Crippen molar-refractivity contribution in [2.24, 2.45) is 0 Å². The highest BCUT2D eigenvalue weighted by molar-refractivity contribution is 7.20. The van der Waals surface area contributed by atoms with Crippen LogP contribution in [-0.2, 0) is 11.3 Å². The Labute approximate surface area is 163 Å². The Bertz CT molecular complexity index is 1140. The van der Waals surface area contributed by atoms with Gasteiger partial charge in [0.05, 0.1) is 29.1 Å². The maximum absolute atomic E-state index is 12.4. The van der Waals surface area contributed by atoms with Crippen LogP contribution in [0, 0.1) is 0 Å². The molecule has 0 aliphatic carbocycles. The minimum Gasteiger partial charge on any atom is -0.383 e. The van der Waals surface area contributed by atoms with Gasteiger partial charge in [0.25, 0.3) is 5.91 Å². The van der Waals surface area contributed by atoms with E-state index in [1.54, 1.807) is 31.4 Å². The third-order valence-electron chi connectivity index (χ3n) is 4.00. The normalized spacial score (nSPS) is 11.0. The number of methoxy groups -OCH3 is 1. The summed E-state index contributed by atoms with van der Waals surface area (Å²) >= 11 is 1.34. The molecule has 28 heavy (non-hydrogen) atoms. The van der Waals surface area contributed by atoms with Crippen LogP contribution in [0.4, 0.5) is 5.69 Å². The molecule has 2 aromatic carbocycles. The average molecular weight is 396 g/mol. The van der Waals surface area contributed by atoms with Crippen molar-refractivity contribution < 1.29 is 9.53 Å². The van der Waals surface area contributed by atoms with Gasteiger partial charge < -0.3 is 10.1 Å². The second-order valence-corrected chi connectivity index (χ2v) is 6.91. The van der Waals surface area contributed by atoms with Crippen molar-refractivity contribution in [3.63, 3.8) is 0 Å². The zero-order chi connectivity index (χ0) is 19.5. The van der Waals surface area contributed by atoms with Crippen LogP contribution in [0.5, 0.6) is 0 Å². The molecule has 2 heterocycles. The van der Waals surface area contributed by atoms with E-state index >= 15 is 0 Å². The van der Waals surface area contributed by atoms with Gasteiger partial charge in [-0.3, -0.25) is 4.79 Å². The van der Waals surface area contributed by atoms with Crippen molar-refractivity contribution in [3.05, 3.63) is 64.0 Å². The second kappa shape index (κ2) is 7.71. The Morgan fingerprint density at radius 2 is 1.93 bits per heavy atom. The van der Waals surface area contributed by atoms with Gasteiger partial charge in [-0.25, -0.2) is 9.78 Å². The highest BCUT2D eigenvalue weighted by atomic mass is 32.1. The summed E-state index contributed by atoms with van der Waals surface area (Å²) in [6.45, 7) is 0.695. The quantitative estimate of drug-likeness (QED) is 0.534. The molecule has 0 spiro atoms. The summed E-state index contributed by atoms with van der Waals surface area (Å²) in [6, 6.07) is 14.4. The summed E-state index contributed by atoms with van der Waals surface area (Å²) in [5, 5.41) is 10.9. The number of aromatic nitrogens is 5. The second-order valence-electron chi connectivity index (χ2n) is 5.88. The lowest BCUT2D eigenvalue weighted by atomic mass is 10.3. The number of nitrogens with one attached hydrogen (secondary N) is 1. The number of hydrogen-bond acceptors (Lipinski definition) is 7. The molecular formula is C18H16N6O3S. The van der Waals surface area contributed by atoms with E-state index in [2.05, 4.69) is 20.7 Å². The molecule has 0 saturated heterocycles. The molecule has 0 fully saturated rings. The summed E-state index contributed by atoms with van der Waals surface area (Å²) in [5.74, 6) is -0.281. The van der Waals surface area contributed by atoms with E-state index in [0.717, 1.165) is 10.2 Å². The van der Waals surface area contributed by atoms with Crippen molar-refractivity contribution in [3.8, 4) is 5.69 Å². The fourth-order valence-electron chi connectivity index (χ4n) is 2.59. The van der Waals surface area contributed by atoms with Gasteiger partial charge in [0.1, 0.15) is 0 Å². The Morgan fingerprint density at radius 1 is 1.14 bits per heavy atom. The smallest absolute Gasteiger partial charge is 0.368 e. The minimum atomic E-state index is -0.358. The van der Waals surface area contributed by atoms with Gasteiger partial charge in [-0.15, -0.1) is 11.3 Å². The number of rotatable bonds is 6. The van der Waals surface area contributed by atoms with Gasteiger partial charge >= 0.3 is 5.69 Å². The molecule has 0 aliphatic heterocycles. The third kappa shape index (κ3) is 3.55. The van der Waals surface area contributed by atoms with Gasteiger partial charge in [-0.2, -0.15) is 9.36 Å². The van der Waals surface area contributed by atoms with Crippen molar-refractivity contribution in [2.45, 2.75) is 6.54 Å². The zero-order valence-electron chi connectivity index (χ0n) is 14.9. The van der Waals surface area contributed by atoms with E-state index in [4.69, 9.17) is 4.74 Å². The summed E-state index contributed by atoms with van der Waals surface area (Å²) in [6.07, 6.45) is 0.